The number of hydrogen-bond donors (Lipinski definition) is 1. The van der Waals surface area contributed by atoms with Gasteiger partial charge in [0.1, 0.15) is 17.9 Å². The lowest BCUT2D eigenvalue weighted by Gasteiger charge is -2.25. The Kier molecular flexibility index (Phi) is 7.50. The number of hydrazine groups is 1. The van der Waals surface area contributed by atoms with Gasteiger partial charge in [0, 0.05) is 12.4 Å². The molecule has 168 valence electrons. The van der Waals surface area contributed by atoms with Crippen LogP contribution in [0.2, 0.25) is 0 Å². The SMILES string of the molecule is COc1cc(C2N=NN(Cc3ccncc3)N2)ccc1SN(CC#N)C(=O)OC(C)(C)C. The maximum absolute atomic E-state index is 12.5. The average Bonchev–Trinajstić information content (AvgIpc) is 3.21. The van der Waals surface area contributed by atoms with Crippen LogP contribution in [0.3, 0.4) is 0 Å². The van der Waals surface area contributed by atoms with Crippen LogP contribution in [0, 0.1) is 11.3 Å². The Labute approximate surface area is 191 Å². The fourth-order valence-electron chi connectivity index (χ4n) is 2.75. The van der Waals surface area contributed by atoms with Crippen LogP contribution in [0.5, 0.6) is 5.75 Å². The van der Waals surface area contributed by atoms with Gasteiger partial charge in [0.05, 0.1) is 24.6 Å². The summed E-state index contributed by atoms with van der Waals surface area (Å²) in [6.07, 6.45) is 2.50. The monoisotopic (exact) mass is 455 g/mol. The van der Waals surface area contributed by atoms with E-state index in [1.807, 2.05) is 36.4 Å². The number of hydrogen-bond acceptors (Lipinski definition) is 10. The van der Waals surface area contributed by atoms with Gasteiger partial charge in [-0.2, -0.15) is 10.7 Å². The molecule has 1 aliphatic rings. The second-order valence-electron chi connectivity index (χ2n) is 7.83. The molecule has 10 nitrogen and oxygen atoms in total. The lowest BCUT2D eigenvalue weighted by atomic mass is 10.2. The minimum atomic E-state index is -0.666. The molecule has 2 aromatic rings. The summed E-state index contributed by atoms with van der Waals surface area (Å²) in [7, 11) is 1.55. The third kappa shape index (κ3) is 6.32. The van der Waals surface area contributed by atoms with Crippen LogP contribution in [0.1, 0.15) is 38.1 Å². The molecule has 0 saturated heterocycles. The van der Waals surface area contributed by atoms with Crippen LogP contribution < -0.4 is 10.2 Å². The van der Waals surface area contributed by atoms with E-state index in [2.05, 4.69) is 20.7 Å². The number of aromatic nitrogens is 1. The topological polar surface area (TPSA) is 115 Å². The number of amides is 1. The zero-order valence-corrected chi connectivity index (χ0v) is 19.2. The van der Waals surface area contributed by atoms with Crippen LogP contribution in [0.15, 0.2) is 58.0 Å². The van der Waals surface area contributed by atoms with Crippen molar-refractivity contribution in [2.75, 3.05) is 13.7 Å². The minimum absolute atomic E-state index is 0.132. The van der Waals surface area contributed by atoms with E-state index in [-0.39, 0.29) is 12.7 Å². The minimum Gasteiger partial charge on any atom is -0.496 e. The van der Waals surface area contributed by atoms with Gasteiger partial charge in [-0.05, 0) is 68.1 Å². The Hall–Kier alpha value is -3.36. The maximum atomic E-state index is 12.5. The van der Waals surface area contributed by atoms with E-state index >= 15 is 0 Å². The Morgan fingerprint density at radius 2 is 2.06 bits per heavy atom. The molecule has 0 aliphatic carbocycles. The summed E-state index contributed by atoms with van der Waals surface area (Å²) in [6.45, 7) is 5.74. The van der Waals surface area contributed by atoms with Crippen LogP contribution in [0.4, 0.5) is 4.79 Å². The number of benzene rings is 1. The van der Waals surface area contributed by atoms with Crippen molar-refractivity contribution < 1.29 is 14.3 Å². The van der Waals surface area contributed by atoms with E-state index in [9.17, 15) is 4.79 Å². The van der Waals surface area contributed by atoms with E-state index < -0.39 is 11.7 Å². The van der Waals surface area contributed by atoms with Gasteiger partial charge in [0.2, 0.25) is 0 Å². The molecule has 1 amide bonds. The van der Waals surface area contributed by atoms with Crippen molar-refractivity contribution in [3.63, 3.8) is 0 Å². The van der Waals surface area contributed by atoms with Crippen LogP contribution in [-0.4, -0.2) is 39.8 Å². The summed E-state index contributed by atoms with van der Waals surface area (Å²) in [4.78, 5) is 17.1. The summed E-state index contributed by atoms with van der Waals surface area (Å²) < 4.78 is 12.2. The first-order valence-corrected chi connectivity index (χ1v) is 10.6. The third-order valence-electron chi connectivity index (χ3n) is 4.15. The Morgan fingerprint density at radius 1 is 1.31 bits per heavy atom. The zero-order chi connectivity index (χ0) is 23.1. The highest BCUT2D eigenvalue weighted by atomic mass is 32.2. The molecule has 0 spiro atoms. The van der Waals surface area contributed by atoms with E-state index in [4.69, 9.17) is 14.7 Å². The predicted molar refractivity (Wildman–Crippen MR) is 118 cm³/mol. The van der Waals surface area contributed by atoms with E-state index in [0.717, 1.165) is 23.1 Å². The molecule has 0 bridgehead atoms. The molecule has 1 aromatic heterocycles. The summed E-state index contributed by atoms with van der Waals surface area (Å²) in [5.41, 5.74) is 4.45. The predicted octanol–water partition coefficient (Wildman–Crippen LogP) is 4.24. The van der Waals surface area contributed by atoms with Crippen LogP contribution in [-0.2, 0) is 11.3 Å². The fraction of sp³-hybridized carbons (Fsp3) is 0.381. The molecule has 1 atom stereocenters. The average molecular weight is 456 g/mol. The maximum Gasteiger partial charge on any atom is 0.421 e. The second-order valence-corrected chi connectivity index (χ2v) is 8.89. The van der Waals surface area contributed by atoms with Crippen molar-refractivity contribution in [1.82, 2.24) is 19.8 Å². The van der Waals surface area contributed by atoms with Gasteiger partial charge in [-0.25, -0.2) is 14.2 Å². The first-order chi connectivity index (χ1) is 15.3. The molecule has 2 heterocycles. The Balaban J connectivity index is 1.69. The second kappa shape index (κ2) is 10.3. The number of nitrogens with one attached hydrogen (secondary N) is 1. The number of nitriles is 1. The highest BCUT2D eigenvalue weighted by Gasteiger charge is 2.25. The summed E-state index contributed by atoms with van der Waals surface area (Å²) in [5.74, 6) is 0.545. The van der Waals surface area contributed by atoms with E-state index in [1.54, 1.807) is 45.4 Å². The van der Waals surface area contributed by atoms with Crippen LogP contribution >= 0.6 is 11.9 Å². The van der Waals surface area contributed by atoms with Gasteiger partial charge >= 0.3 is 6.09 Å². The number of carbonyl (C=O) groups excluding carboxylic acids is 1. The molecule has 32 heavy (non-hydrogen) atoms. The first-order valence-electron chi connectivity index (χ1n) is 9.86. The van der Waals surface area contributed by atoms with Crippen LogP contribution in [0.25, 0.3) is 0 Å². The van der Waals surface area contributed by atoms with E-state index in [1.165, 1.54) is 4.31 Å². The smallest absolute Gasteiger partial charge is 0.421 e. The highest BCUT2D eigenvalue weighted by Crippen LogP contribution is 2.35. The van der Waals surface area contributed by atoms with Crippen molar-refractivity contribution >= 4 is 18.0 Å². The van der Waals surface area contributed by atoms with Crippen molar-refractivity contribution in [3.05, 3.63) is 53.9 Å². The zero-order valence-electron chi connectivity index (χ0n) is 18.3. The third-order valence-corrected chi connectivity index (χ3v) is 5.18. The molecule has 0 radical (unpaired) electrons. The summed E-state index contributed by atoms with van der Waals surface area (Å²) >= 11 is 1.09. The molecular formula is C21H25N7O3S. The lowest BCUT2D eigenvalue weighted by molar-refractivity contribution is 0.0419. The molecule has 1 unspecified atom stereocenters. The molecule has 11 heteroatoms. The molecule has 1 aliphatic heterocycles. The molecule has 3 rings (SSSR count). The van der Waals surface area contributed by atoms with Gasteiger partial charge in [0.25, 0.3) is 0 Å². The number of nitrogens with zero attached hydrogens (tertiary/aromatic N) is 6. The fourth-order valence-corrected chi connectivity index (χ4v) is 3.58. The largest absolute Gasteiger partial charge is 0.496 e. The Morgan fingerprint density at radius 3 is 2.72 bits per heavy atom. The molecule has 0 saturated carbocycles. The van der Waals surface area contributed by atoms with Crippen molar-refractivity contribution in [1.29, 1.82) is 5.26 Å². The normalized spacial score (nSPS) is 15.3. The quantitative estimate of drug-likeness (QED) is 0.487. The molecule has 1 aromatic carbocycles. The molecule has 0 fully saturated rings. The van der Waals surface area contributed by atoms with Gasteiger partial charge in [-0.15, -0.1) is 5.11 Å². The van der Waals surface area contributed by atoms with Crippen molar-refractivity contribution in [3.8, 4) is 11.8 Å². The summed E-state index contributed by atoms with van der Waals surface area (Å²) in [5, 5.41) is 19.2. The van der Waals surface area contributed by atoms with Crippen molar-refractivity contribution in [2.24, 2.45) is 10.3 Å². The number of ether oxygens (including phenoxy) is 2. The standard InChI is InChI=1S/C21H25N7O3S/c1-21(2,3)31-20(29)27(12-9-22)32-18-6-5-16(13-17(18)30-4)19-24-26-28(25-19)14-15-7-10-23-11-8-15/h5-8,10-11,13,19,25H,12,14H2,1-4H3. The van der Waals surface area contributed by atoms with Crippen molar-refractivity contribution in [2.45, 2.75) is 44.0 Å². The number of methoxy groups -OCH3 is 1. The van der Waals surface area contributed by atoms with Gasteiger partial charge in [0.15, 0.2) is 6.17 Å². The van der Waals surface area contributed by atoms with Gasteiger partial charge in [-0.1, -0.05) is 11.3 Å². The number of pyridine rings is 1. The highest BCUT2D eigenvalue weighted by molar-refractivity contribution is 7.97. The molecule has 1 N–H and O–H groups in total. The van der Waals surface area contributed by atoms with Gasteiger partial charge in [-0.3, -0.25) is 4.98 Å². The summed E-state index contributed by atoms with van der Waals surface area (Å²) in [6, 6.07) is 11.3. The first kappa shape index (κ1) is 23.3. The lowest BCUT2D eigenvalue weighted by Crippen LogP contribution is -2.33. The molecular weight excluding hydrogens is 430 g/mol. The number of rotatable bonds is 7. The van der Waals surface area contributed by atoms with E-state index in [0.29, 0.717) is 17.2 Å². The number of carbonyl (C=O) groups is 1. The Bertz CT molecular complexity index is 1000. The van der Waals surface area contributed by atoms with Gasteiger partial charge < -0.3 is 9.47 Å².